The van der Waals surface area contributed by atoms with E-state index in [1.807, 2.05) is 4.90 Å². The fraction of sp³-hybridized carbons (Fsp3) is 0.348. The van der Waals surface area contributed by atoms with Crippen molar-refractivity contribution in [2.24, 2.45) is 5.10 Å². The summed E-state index contributed by atoms with van der Waals surface area (Å²) in [5.41, 5.74) is 9.68. The largest absolute Gasteiger partial charge is 0.378 e. The predicted octanol–water partition coefficient (Wildman–Crippen LogP) is 3.92. The molecule has 0 aliphatic carbocycles. The van der Waals surface area contributed by atoms with Crippen LogP contribution in [0.3, 0.4) is 0 Å². The predicted molar refractivity (Wildman–Crippen MR) is 121 cm³/mol. The van der Waals surface area contributed by atoms with Gasteiger partial charge in [0, 0.05) is 30.0 Å². The number of anilines is 2. The van der Waals surface area contributed by atoms with Crippen molar-refractivity contribution < 1.29 is 9.13 Å². The number of hydrogen-bond acceptors (Lipinski definition) is 6. The minimum absolute atomic E-state index is 0.252. The van der Waals surface area contributed by atoms with E-state index in [0.717, 1.165) is 17.0 Å². The zero-order valence-corrected chi connectivity index (χ0v) is 18.3. The van der Waals surface area contributed by atoms with Gasteiger partial charge in [-0.2, -0.15) is 10.1 Å². The van der Waals surface area contributed by atoms with Gasteiger partial charge in [0.2, 0.25) is 5.95 Å². The molecule has 3 aromatic rings. The van der Waals surface area contributed by atoms with E-state index in [4.69, 9.17) is 4.74 Å². The zero-order chi connectivity index (χ0) is 22.0. The highest BCUT2D eigenvalue weighted by molar-refractivity contribution is 5.82. The Balaban J connectivity index is 1.55. The van der Waals surface area contributed by atoms with E-state index in [9.17, 15) is 4.39 Å². The van der Waals surface area contributed by atoms with Crippen molar-refractivity contribution in [1.82, 2.24) is 14.5 Å². The molecule has 31 heavy (non-hydrogen) atoms. The van der Waals surface area contributed by atoms with E-state index in [-0.39, 0.29) is 11.8 Å². The smallest absolute Gasteiger partial charge is 0.245 e. The lowest BCUT2D eigenvalue weighted by atomic mass is 10.1. The SMILES string of the molecule is Cc1cccc(C)c1-n1c(C)cc(/C=N/Nc2ncc(F)c(N3CCOCC3)n2)c1C. The van der Waals surface area contributed by atoms with Crippen LogP contribution in [0.4, 0.5) is 16.2 Å². The Bertz CT molecular complexity index is 1100. The van der Waals surface area contributed by atoms with Crippen molar-refractivity contribution in [3.63, 3.8) is 0 Å². The van der Waals surface area contributed by atoms with Gasteiger partial charge in [-0.25, -0.2) is 14.8 Å². The molecule has 8 heteroatoms. The van der Waals surface area contributed by atoms with Gasteiger partial charge in [0.05, 0.1) is 31.3 Å². The summed E-state index contributed by atoms with van der Waals surface area (Å²) in [4.78, 5) is 10.2. The van der Waals surface area contributed by atoms with Crippen LogP contribution in [0.15, 0.2) is 35.6 Å². The molecule has 1 aliphatic heterocycles. The summed E-state index contributed by atoms with van der Waals surface area (Å²) in [6.07, 6.45) is 2.91. The third kappa shape index (κ3) is 4.29. The highest BCUT2D eigenvalue weighted by Crippen LogP contribution is 2.25. The van der Waals surface area contributed by atoms with Crippen molar-refractivity contribution >= 4 is 18.0 Å². The summed E-state index contributed by atoms with van der Waals surface area (Å²) < 4.78 is 21.8. The van der Waals surface area contributed by atoms with Crippen LogP contribution in [-0.4, -0.2) is 47.1 Å². The van der Waals surface area contributed by atoms with E-state index < -0.39 is 5.82 Å². The Labute approximate surface area is 181 Å². The van der Waals surface area contributed by atoms with Gasteiger partial charge in [0.1, 0.15) is 0 Å². The van der Waals surface area contributed by atoms with Crippen LogP contribution in [0.5, 0.6) is 0 Å². The van der Waals surface area contributed by atoms with E-state index >= 15 is 0 Å². The molecule has 1 aliphatic rings. The average Bonchev–Trinajstić information content (AvgIpc) is 3.03. The maximum atomic E-state index is 14.2. The van der Waals surface area contributed by atoms with Gasteiger partial charge in [-0.05, 0) is 44.9 Å². The Morgan fingerprint density at radius 2 is 1.84 bits per heavy atom. The molecule has 0 amide bonds. The molecule has 0 spiro atoms. The molecule has 4 rings (SSSR count). The van der Waals surface area contributed by atoms with Crippen LogP contribution >= 0.6 is 0 Å². The first-order chi connectivity index (χ1) is 15.0. The summed E-state index contributed by atoms with van der Waals surface area (Å²) >= 11 is 0. The number of nitrogens with one attached hydrogen (secondary N) is 1. The summed E-state index contributed by atoms with van der Waals surface area (Å²) in [5.74, 6) is 0.0699. The fourth-order valence-electron chi connectivity index (χ4n) is 3.99. The summed E-state index contributed by atoms with van der Waals surface area (Å²) in [5, 5.41) is 4.30. The van der Waals surface area contributed by atoms with Gasteiger partial charge < -0.3 is 14.2 Å². The monoisotopic (exact) mass is 422 g/mol. The van der Waals surface area contributed by atoms with Gasteiger partial charge in [-0.1, -0.05) is 18.2 Å². The maximum Gasteiger partial charge on any atom is 0.245 e. The number of ether oxygens (including phenoxy) is 1. The first kappa shape index (κ1) is 21.0. The molecule has 1 saturated heterocycles. The number of aromatic nitrogens is 3. The number of benzene rings is 1. The first-order valence-electron chi connectivity index (χ1n) is 10.4. The Hall–Kier alpha value is -3.26. The molecule has 1 aromatic carbocycles. The average molecular weight is 423 g/mol. The van der Waals surface area contributed by atoms with E-state index in [2.05, 4.69) is 77.0 Å². The normalized spacial score (nSPS) is 14.4. The number of para-hydroxylation sites is 1. The molecule has 0 bridgehead atoms. The molecule has 0 saturated carbocycles. The third-order valence-electron chi connectivity index (χ3n) is 5.54. The van der Waals surface area contributed by atoms with Crippen molar-refractivity contribution in [3.8, 4) is 5.69 Å². The summed E-state index contributed by atoms with van der Waals surface area (Å²) in [7, 11) is 0. The van der Waals surface area contributed by atoms with Crippen molar-refractivity contribution in [3.05, 3.63) is 64.4 Å². The number of hydrogen-bond donors (Lipinski definition) is 1. The molecule has 2 aromatic heterocycles. The third-order valence-corrected chi connectivity index (χ3v) is 5.54. The Morgan fingerprint density at radius 3 is 2.55 bits per heavy atom. The van der Waals surface area contributed by atoms with Crippen molar-refractivity contribution in [2.75, 3.05) is 36.6 Å². The highest BCUT2D eigenvalue weighted by atomic mass is 19.1. The number of rotatable bonds is 5. The molecule has 0 unspecified atom stereocenters. The molecule has 0 radical (unpaired) electrons. The van der Waals surface area contributed by atoms with Crippen LogP contribution in [0, 0.1) is 33.5 Å². The number of halogens is 1. The highest BCUT2D eigenvalue weighted by Gasteiger charge is 2.18. The van der Waals surface area contributed by atoms with Gasteiger partial charge in [-0.15, -0.1) is 0 Å². The van der Waals surface area contributed by atoms with Crippen LogP contribution in [-0.2, 0) is 4.74 Å². The van der Waals surface area contributed by atoms with Gasteiger partial charge in [0.25, 0.3) is 0 Å². The number of hydrazone groups is 1. The molecular formula is C23H27FN6O. The number of aryl methyl sites for hydroxylation is 3. The van der Waals surface area contributed by atoms with Crippen molar-refractivity contribution in [1.29, 1.82) is 0 Å². The van der Waals surface area contributed by atoms with Crippen molar-refractivity contribution in [2.45, 2.75) is 27.7 Å². The molecule has 0 atom stereocenters. The van der Waals surface area contributed by atoms with Crippen LogP contribution < -0.4 is 10.3 Å². The maximum absolute atomic E-state index is 14.2. The molecule has 3 heterocycles. The molecule has 162 valence electrons. The lowest BCUT2D eigenvalue weighted by Crippen LogP contribution is -2.37. The Kier molecular flexibility index (Phi) is 5.99. The van der Waals surface area contributed by atoms with Gasteiger partial charge >= 0.3 is 0 Å². The molecule has 7 nitrogen and oxygen atoms in total. The minimum Gasteiger partial charge on any atom is -0.378 e. The molecular weight excluding hydrogens is 395 g/mol. The van der Waals surface area contributed by atoms with E-state index in [0.29, 0.717) is 26.3 Å². The van der Waals surface area contributed by atoms with Gasteiger partial charge in [-0.3, -0.25) is 0 Å². The van der Waals surface area contributed by atoms with Crippen LogP contribution in [0.1, 0.15) is 28.1 Å². The molecule has 1 N–H and O–H groups in total. The second kappa shape index (κ2) is 8.85. The Morgan fingerprint density at radius 1 is 1.13 bits per heavy atom. The topological polar surface area (TPSA) is 67.6 Å². The summed E-state index contributed by atoms with van der Waals surface area (Å²) in [6.45, 7) is 10.7. The van der Waals surface area contributed by atoms with E-state index in [1.54, 1.807) is 6.21 Å². The van der Waals surface area contributed by atoms with Gasteiger partial charge in [0.15, 0.2) is 11.6 Å². The van der Waals surface area contributed by atoms with Crippen LogP contribution in [0.2, 0.25) is 0 Å². The van der Waals surface area contributed by atoms with Crippen LogP contribution in [0.25, 0.3) is 5.69 Å². The zero-order valence-electron chi connectivity index (χ0n) is 18.3. The number of morpholine rings is 1. The molecule has 1 fully saturated rings. The standard InChI is InChI=1S/C23H27FN6O/c1-15-6-5-7-16(2)21(15)30-17(3)12-19(18(30)4)13-26-28-23-25-14-20(24)22(27-23)29-8-10-31-11-9-29/h5-7,12-14H,8-11H2,1-4H3,(H,25,27,28)/b26-13+. The lowest BCUT2D eigenvalue weighted by Gasteiger charge is -2.27. The lowest BCUT2D eigenvalue weighted by molar-refractivity contribution is 0.122. The summed E-state index contributed by atoms with van der Waals surface area (Å²) in [6, 6.07) is 8.41. The number of nitrogens with zero attached hydrogens (tertiary/aromatic N) is 5. The quantitative estimate of drug-likeness (QED) is 0.499. The first-order valence-corrected chi connectivity index (χ1v) is 10.4. The van der Waals surface area contributed by atoms with E-state index in [1.165, 1.54) is 23.0 Å². The second-order valence-electron chi connectivity index (χ2n) is 7.74. The fourth-order valence-corrected chi connectivity index (χ4v) is 3.99. The second-order valence-corrected chi connectivity index (χ2v) is 7.74. The minimum atomic E-state index is -0.450.